The summed E-state index contributed by atoms with van der Waals surface area (Å²) in [6.45, 7) is 6.48. The number of rotatable bonds is 10. The Hall–Kier alpha value is -6.42. The number of nitrogens with one attached hydrogen (secondary N) is 4. The Labute approximate surface area is 365 Å². The van der Waals surface area contributed by atoms with Gasteiger partial charge in [-0.05, 0) is 90.6 Å². The van der Waals surface area contributed by atoms with E-state index in [2.05, 4.69) is 69.1 Å². The molecule has 9 rings (SSSR count). The maximum atomic E-state index is 14.1. The minimum atomic E-state index is -0.700. The molecule has 4 aliphatic heterocycles. The number of carbonyl (C=O) groups is 4. The van der Waals surface area contributed by atoms with E-state index in [1.54, 1.807) is 0 Å². The number of aromatic amines is 2. The van der Waals surface area contributed by atoms with Gasteiger partial charge in [0.15, 0.2) is 0 Å². The van der Waals surface area contributed by atoms with E-state index in [-0.39, 0.29) is 35.7 Å². The van der Waals surface area contributed by atoms with E-state index in [1.165, 1.54) is 14.2 Å². The van der Waals surface area contributed by atoms with Gasteiger partial charge in [-0.1, -0.05) is 44.2 Å². The molecule has 0 aliphatic carbocycles. The number of alkyl carbamates (subject to hydrolysis) is 2. The molecule has 0 saturated carbocycles. The molecule has 4 aliphatic rings. The highest BCUT2D eigenvalue weighted by molar-refractivity contribution is 5.98. The lowest BCUT2D eigenvalue weighted by molar-refractivity contribution is -0.137. The van der Waals surface area contributed by atoms with E-state index in [9.17, 15) is 19.2 Å². The summed E-state index contributed by atoms with van der Waals surface area (Å²) >= 11 is 0. The van der Waals surface area contributed by atoms with Crippen LogP contribution in [0.5, 0.6) is 5.75 Å². The van der Waals surface area contributed by atoms with E-state index >= 15 is 0 Å². The standard InChI is InChI=1S/C47H54N8O8/c1-26(2)39(52-46(58)60-3)44(56)54-17-5-7-37(54)42-48-23-35(50-42)29-11-13-33-28(21-29)9-14-34-32-12-10-30(22-31(32)25-63-41(33)34)36-24-49-43(51-36)38-8-6-18-55(38)45(57)40(53-47(59)61-4)27-15-19-62-20-16-27/h9-14,21-24,26-27,37-40H,5-8,15-20,25H2,1-4H3,(H,48,50)(H,49,51)(H,52,58)(H,53,59)/t37-,38-,39?,40-/m0/s1. The Balaban J connectivity index is 0.906. The highest BCUT2D eigenvalue weighted by atomic mass is 16.5. The molecule has 0 bridgehead atoms. The predicted molar refractivity (Wildman–Crippen MR) is 233 cm³/mol. The summed E-state index contributed by atoms with van der Waals surface area (Å²) in [5.74, 6) is 1.85. The van der Waals surface area contributed by atoms with Gasteiger partial charge in [-0.2, -0.15) is 0 Å². The molecule has 6 heterocycles. The Morgan fingerprint density at radius 2 is 1.35 bits per heavy atom. The van der Waals surface area contributed by atoms with Crippen LogP contribution < -0.4 is 15.4 Å². The van der Waals surface area contributed by atoms with Crippen molar-refractivity contribution in [3.8, 4) is 39.4 Å². The number of imidazole rings is 2. The number of methoxy groups -OCH3 is 2. The first kappa shape index (κ1) is 41.9. The lowest BCUT2D eigenvalue weighted by Crippen LogP contribution is -2.53. The maximum absolute atomic E-state index is 14.1. The van der Waals surface area contributed by atoms with Crippen molar-refractivity contribution in [1.29, 1.82) is 0 Å². The van der Waals surface area contributed by atoms with Crippen LogP contribution in [0.3, 0.4) is 0 Å². The Morgan fingerprint density at radius 3 is 2.00 bits per heavy atom. The second kappa shape index (κ2) is 17.8. The number of benzene rings is 3. The van der Waals surface area contributed by atoms with Gasteiger partial charge in [0.05, 0.1) is 50.1 Å². The summed E-state index contributed by atoms with van der Waals surface area (Å²) in [6.07, 6.45) is 6.98. The molecule has 63 heavy (non-hydrogen) atoms. The molecule has 16 heteroatoms. The molecule has 4 N–H and O–H groups in total. The molecule has 5 aromatic rings. The highest BCUT2D eigenvalue weighted by Gasteiger charge is 2.41. The van der Waals surface area contributed by atoms with Gasteiger partial charge in [0.1, 0.15) is 36.1 Å². The van der Waals surface area contributed by atoms with Crippen LogP contribution in [0.1, 0.15) is 81.7 Å². The van der Waals surface area contributed by atoms with Crippen molar-refractivity contribution < 1.29 is 38.1 Å². The summed E-state index contributed by atoms with van der Waals surface area (Å²) in [5.41, 5.74) is 6.81. The molecule has 0 spiro atoms. The number of carbonyl (C=O) groups excluding carboxylic acids is 4. The van der Waals surface area contributed by atoms with Crippen LogP contribution >= 0.6 is 0 Å². The molecule has 4 amide bonds. The third-order valence-corrected chi connectivity index (χ3v) is 13.1. The lowest BCUT2D eigenvalue weighted by Gasteiger charge is -2.34. The molecule has 2 aromatic heterocycles. The van der Waals surface area contributed by atoms with E-state index in [0.717, 1.165) is 87.2 Å². The number of fused-ring (bicyclic) bond motifs is 5. The predicted octanol–water partition coefficient (Wildman–Crippen LogP) is 7.04. The van der Waals surface area contributed by atoms with Gasteiger partial charge in [0.2, 0.25) is 11.8 Å². The molecule has 0 radical (unpaired) electrons. The fraction of sp³-hybridized carbons (Fsp3) is 0.447. The fourth-order valence-electron chi connectivity index (χ4n) is 9.74. The number of nitrogens with zero attached hydrogens (tertiary/aromatic N) is 4. The summed E-state index contributed by atoms with van der Waals surface area (Å²) in [4.78, 5) is 72.2. The van der Waals surface area contributed by atoms with Crippen LogP contribution in [0.15, 0.2) is 60.9 Å². The second-order valence-electron chi connectivity index (χ2n) is 17.2. The molecule has 1 unspecified atom stereocenters. The van der Waals surface area contributed by atoms with Crippen molar-refractivity contribution in [3.05, 3.63) is 78.1 Å². The minimum Gasteiger partial charge on any atom is -0.488 e. The van der Waals surface area contributed by atoms with Gasteiger partial charge < -0.3 is 49.3 Å². The first-order valence-electron chi connectivity index (χ1n) is 21.9. The van der Waals surface area contributed by atoms with Gasteiger partial charge in [-0.25, -0.2) is 19.6 Å². The second-order valence-corrected chi connectivity index (χ2v) is 17.2. The van der Waals surface area contributed by atoms with Crippen LogP contribution in [-0.4, -0.2) is 106 Å². The van der Waals surface area contributed by atoms with Crippen molar-refractivity contribution in [1.82, 2.24) is 40.4 Å². The SMILES string of the molecule is COC(=O)NC(C(=O)N1CCC[C@H]1c1ncc(-c2ccc3c4c(ccc3c2)-c2ccc(-c3cnc([C@@H]5CCCN5C(=O)[C@@H](NC(=O)OC)C5CCOCC5)[nH]3)cc2CO4)[nH]1)C(C)C. The molecular formula is C47H54N8O8. The van der Waals surface area contributed by atoms with E-state index in [4.69, 9.17) is 28.9 Å². The molecular weight excluding hydrogens is 805 g/mol. The number of hydrogen-bond acceptors (Lipinski definition) is 10. The van der Waals surface area contributed by atoms with Crippen molar-refractivity contribution in [2.24, 2.45) is 11.8 Å². The summed E-state index contributed by atoms with van der Waals surface area (Å²) in [6, 6.07) is 15.0. The van der Waals surface area contributed by atoms with Gasteiger partial charge in [-0.15, -0.1) is 0 Å². The monoisotopic (exact) mass is 858 g/mol. The smallest absolute Gasteiger partial charge is 0.407 e. The summed E-state index contributed by atoms with van der Waals surface area (Å²) < 4.78 is 21.7. The number of H-pyrrole nitrogens is 2. The largest absolute Gasteiger partial charge is 0.488 e. The van der Waals surface area contributed by atoms with Crippen LogP contribution in [-0.2, 0) is 30.4 Å². The molecule has 16 nitrogen and oxygen atoms in total. The van der Waals surface area contributed by atoms with E-state index in [1.807, 2.05) is 36.0 Å². The normalized spacial score (nSPS) is 19.6. The quantitative estimate of drug-likeness (QED) is 0.113. The zero-order valence-corrected chi connectivity index (χ0v) is 36.1. The number of aromatic nitrogens is 4. The molecule has 330 valence electrons. The van der Waals surface area contributed by atoms with Crippen molar-refractivity contribution in [2.75, 3.05) is 40.5 Å². The number of likely N-dealkylation sites (tertiary alicyclic amines) is 2. The first-order valence-corrected chi connectivity index (χ1v) is 21.9. The third-order valence-electron chi connectivity index (χ3n) is 13.1. The number of hydrogen-bond donors (Lipinski definition) is 4. The highest BCUT2D eigenvalue weighted by Crippen LogP contribution is 2.44. The topological polar surface area (TPSA) is 193 Å². The Morgan fingerprint density at radius 1 is 0.746 bits per heavy atom. The Bertz CT molecular complexity index is 2530. The van der Waals surface area contributed by atoms with Crippen LogP contribution in [0.25, 0.3) is 44.4 Å². The van der Waals surface area contributed by atoms with Crippen LogP contribution in [0, 0.1) is 11.8 Å². The van der Waals surface area contributed by atoms with Gasteiger partial charge in [0.25, 0.3) is 0 Å². The fourth-order valence-corrected chi connectivity index (χ4v) is 9.74. The van der Waals surface area contributed by atoms with E-state index < -0.39 is 24.3 Å². The zero-order valence-electron chi connectivity index (χ0n) is 36.1. The molecule has 3 saturated heterocycles. The van der Waals surface area contributed by atoms with Crippen LogP contribution in [0.4, 0.5) is 9.59 Å². The summed E-state index contributed by atoms with van der Waals surface area (Å²) in [7, 11) is 2.60. The van der Waals surface area contributed by atoms with Gasteiger partial charge in [-0.3, -0.25) is 9.59 Å². The number of ether oxygens (including phenoxy) is 4. The summed E-state index contributed by atoms with van der Waals surface area (Å²) in [5, 5.41) is 7.56. The average molecular weight is 859 g/mol. The average Bonchev–Trinajstić information content (AvgIpc) is 4.16. The first-order chi connectivity index (χ1) is 30.6. The molecule has 4 atom stereocenters. The van der Waals surface area contributed by atoms with Crippen molar-refractivity contribution in [2.45, 2.75) is 83.1 Å². The van der Waals surface area contributed by atoms with Crippen molar-refractivity contribution >= 4 is 34.8 Å². The Kier molecular flexibility index (Phi) is 11.8. The zero-order chi connectivity index (χ0) is 43.8. The number of amides is 4. The lowest BCUT2D eigenvalue weighted by atomic mass is 9.90. The third kappa shape index (κ3) is 8.19. The van der Waals surface area contributed by atoms with Crippen molar-refractivity contribution in [3.63, 3.8) is 0 Å². The molecule has 3 aromatic carbocycles. The van der Waals surface area contributed by atoms with E-state index in [0.29, 0.717) is 51.6 Å². The van der Waals surface area contributed by atoms with Gasteiger partial charge in [0, 0.05) is 42.8 Å². The molecule has 3 fully saturated rings. The van der Waals surface area contributed by atoms with Crippen LogP contribution in [0.2, 0.25) is 0 Å². The minimum absolute atomic E-state index is 0.0360. The maximum Gasteiger partial charge on any atom is 0.407 e. The van der Waals surface area contributed by atoms with Gasteiger partial charge >= 0.3 is 12.2 Å².